The van der Waals surface area contributed by atoms with Crippen LogP contribution in [0, 0.1) is 0 Å². The van der Waals surface area contributed by atoms with E-state index < -0.39 is 142 Å². The largest absolute Gasteiger partial charge is 0.477 e. The lowest BCUT2D eigenvalue weighted by Gasteiger charge is -2.51. The van der Waals surface area contributed by atoms with Gasteiger partial charge in [0.2, 0.25) is 11.8 Å². The van der Waals surface area contributed by atoms with Gasteiger partial charge in [0.05, 0.1) is 38.6 Å². The molecule has 0 aromatic carbocycles. The van der Waals surface area contributed by atoms with E-state index in [-0.39, 0.29) is 13.2 Å². The fourth-order valence-corrected chi connectivity index (χ4v) is 5.95. The van der Waals surface area contributed by atoms with Gasteiger partial charge in [0.25, 0.3) is 5.79 Å². The third-order valence-electron chi connectivity index (χ3n) is 8.39. The van der Waals surface area contributed by atoms with Gasteiger partial charge in [-0.15, -0.1) is 0 Å². The standard InChI is InChI=1S/C27H45N5O19/c1-9(36)30-15-11(38)5-27(26(44)45,50-22(15)17(40)12(39)6-33)51-23-18(41)13(7-34)47-25(20(23)43)49-21-14(8-35)48-24(46-4-3-29-32-28)16(19(21)42)31-10(2)37/h11-25,33-35,38-43H,3-8H2,1-2H3,(H,30,36)(H,31,37)(H,44,45)/t11-,12-,13+,14+,15+,16+,17+,18-,19+,20+,21+,22+,23-,24+,25-,27-/m0/s1. The van der Waals surface area contributed by atoms with Gasteiger partial charge in [0.15, 0.2) is 12.6 Å². The van der Waals surface area contributed by atoms with E-state index in [9.17, 15) is 65.4 Å². The van der Waals surface area contributed by atoms with E-state index in [4.69, 9.17) is 34.0 Å². The predicted octanol–water partition coefficient (Wildman–Crippen LogP) is -6.74. The summed E-state index contributed by atoms with van der Waals surface area (Å²) in [7, 11) is 0. The van der Waals surface area contributed by atoms with Crippen LogP contribution in [0.2, 0.25) is 0 Å². The molecule has 0 saturated carbocycles. The van der Waals surface area contributed by atoms with Gasteiger partial charge in [0, 0.05) is 31.7 Å². The number of aliphatic hydroxyl groups excluding tert-OH is 9. The van der Waals surface area contributed by atoms with Gasteiger partial charge in [0.1, 0.15) is 67.1 Å². The predicted molar refractivity (Wildman–Crippen MR) is 159 cm³/mol. The molecule has 51 heavy (non-hydrogen) atoms. The summed E-state index contributed by atoms with van der Waals surface area (Å²) in [5.41, 5.74) is 8.49. The lowest BCUT2D eigenvalue weighted by Crippen LogP contribution is -2.71. The average Bonchev–Trinajstić information content (AvgIpc) is 3.08. The molecule has 0 aliphatic carbocycles. The monoisotopic (exact) mass is 743 g/mol. The van der Waals surface area contributed by atoms with Crippen molar-refractivity contribution in [3.8, 4) is 0 Å². The maximum atomic E-state index is 12.7. The molecule has 16 atom stereocenters. The minimum atomic E-state index is -3.05. The van der Waals surface area contributed by atoms with E-state index >= 15 is 0 Å². The van der Waals surface area contributed by atoms with E-state index in [1.807, 2.05) is 0 Å². The fourth-order valence-electron chi connectivity index (χ4n) is 5.95. The van der Waals surface area contributed by atoms with E-state index in [0.29, 0.717) is 0 Å². The van der Waals surface area contributed by atoms with Crippen LogP contribution in [-0.4, -0.2) is 199 Å². The first-order valence-corrected chi connectivity index (χ1v) is 15.7. The van der Waals surface area contributed by atoms with Crippen molar-refractivity contribution in [2.75, 3.05) is 33.0 Å². The molecule has 0 spiro atoms. The summed E-state index contributed by atoms with van der Waals surface area (Å²) in [6, 6.07) is -2.96. The highest BCUT2D eigenvalue weighted by Crippen LogP contribution is 2.38. The number of carboxylic acid groups (broad SMARTS) is 1. The molecular formula is C27H45N5O19. The van der Waals surface area contributed by atoms with Gasteiger partial charge < -0.3 is 90.1 Å². The zero-order valence-corrected chi connectivity index (χ0v) is 27.4. The van der Waals surface area contributed by atoms with Gasteiger partial charge >= 0.3 is 5.97 Å². The molecule has 0 unspecified atom stereocenters. The number of amides is 2. The second-order valence-corrected chi connectivity index (χ2v) is 12.0. The summed E-state index contributed by atoms with van der Waals surface area (Å²) in [6.45, 7) is -1.16. The Morgan fingerprint density at radius 1 is 0.922 bits per heavy atom. The zero-order valence-electron chi connectivity index (χ0n) is 27.4. The van der Waals surface area contributed by atoms with Crippen molar-refractivity contribution in [2.45, 2.75) is 118 Å². The number of azide groups is 1. The Hall–Kier alpha value is -2.88. The number of hydrogen-bond acceptors (Lipinski definition) is 19. The Kier molecular flexibility index (Phi) is 15.6. The first kappa shape index (κ1) is 42.5. The van der Waals surface area contributed by atoms with Crippen molar-refractivity contribution < 1.29 is 93.9 Å². The third-order valence-corrected chi connectivity index (χ3v) is 8.39. The summed E-state index contributed by atoms with van der Waals surface area (Å²) in [4.78, 5) is 39.1. The topological polar surface area (TPSA) is 382 Å². The normalized spacial score (nSPS) is 39.6. The number of aliphatic carboxylic acids is 1. The highest BCUT2D eigenvalue weighted by atomic mass is 16.8. The van der Waals surface area contributed by atoms with Crippen molar-refractivity contribution in [3.05, 3.63) is 10.4 Å². The second-order valence-electron chi connectivity index (χ2n) is 12.0. The Morgan fingerprint density at radius 3 is 2.08 bits per heavy atom. The average molecular weight is 744 g/mol. The molecule has 3 heterocycles. The molecule has 292 valence electrons. The van der Waals surface area contributed by atoms with Gasteiger partial charge in [-0.05, 0) is 5.53 Å². The number of aliphatic hydroxyl groups is 9. The highest BCUT2D eigenvalue weighted by molar-refractivity contribution is 5.76. The fraction of sp³-hybridized carbons (Fsp3) is 0.889. The number of nitrogens with one attached hydrogen (secondary N) is 2. The number of nitrogens with zero attached hydrogens (tertiary/aromatic N) is 3. The molecule has 24 heteroatoms. The first-order valence-electron chi connectivity index (χ1n) is 15.7. The molecule has 0 bridgehead atoms. The van der Waals surface area contributed by atoms with Crippen LogP contribution in [-0.2, 0) is 42.8 Å². The number of ether oxygens (including phenoxy) is 6. The van der Waals surface area contributed by atoms with Gasteiger partial charge in [-0.1, -0.05) is 5.11 Å². The van der Waals surface area contributed by atoms with Crippen molar-refractivity contribution in [3.63, 3.8) is 0 Å². The summed E-state index contributed by atoms with van der Waals surface area (Å²) in [6.07, 6.45) is -25.4. The van der Waals surface area contributed by atoms with Crippen LogP contribution in [0.1, 0.15) is 20.3 Å². The Morgan fingerprint density at radius 2 is 1.53 bits per heavy atom. The minimum absolute atomic E-state index is 0.161. The molecule has 0 radical (unpaired) electrons. The van der Waals surface area contributed by atoms with Crippen LogP contribution in [0.3, 0.4) is 0 Å². The zero-order chi connectivity index (χ0) is 38.2. The van der Waals surface area contributed by atoms with E-state index in [0.717, 1.165) is 13.8 Å². The third kappa shape index (κ3) is 9.96. The van der Waals surface area contributed by atoms with Crippen molar-refractivity contribution in [1.82, 2.24) is 10.6 Å². The summed E-state index contributed by atoms with van der Waals surface area (Å²) in [5, 5.41) is 113. The summed E-state index contributed by atoms with van der Waals surface area (Å²) in [5.74, 6) is -6.46. The molecule has 3 fully saturated rings. The number of carbonyl (C=O) groups excluding carboxylic acids is 2. The molecule has 3 saturated heterocycles. The van der Waals surface area contributed by atoms with Gasteiger partial charge in [-0.3, -0.25) is 9.59 Å². The summed E-state index contributed by atoms with van der Waals surface area (Å²) < 4.78 is 33.6. The molecule has 3 aliphatic heterocycles. The van der Waals surface area contributed by atoms with E-state index in [2.05, 4.69) is 20.7 Å². The van der Waals surface area contributed by atoms with Gasteiger partial charge in [-0.25, -0.2) is 4.79 Å². The molecule has 24 nitrogen and oxygen atoms in total. The van der Waals surface area contributed by atoms with Crippen molar-refractivity contribution in [2.24, 2.45) is 5.11 Å². The minimum Gasteiger partial charge on any atom is -0.477 e. The van der Waals surface area contributed by atoms with Crippen molar-refractivity contribution >= 4 is 17.8 Å². The Labute approximate surface area is 289 Å². The Balaban J connectivity index is 1.94. The van der Waals surface area contributed by atoms with E-state index in [1.54, 1.807) is 0 Å². The van der Waals surface area contributed by atoms with E-state index in [1.165, 1.54) is 0 Å². The van der Waals surface area contributed by atoms with Crippen molar-refractivity contribution in [1.29, 1.82) is 0 Å². The molecule has 12 N–H and O–H groups in total. The molecule has 3 rings (SSSR count). The maximum Gasteiger partial charge on any atom is 0.364 e. The molecule has 0 aromatic heterocycles. The number of rotatable bonds is 16. The number of carboxylic acids is 1. The van der Waals surface area contributed by atoms with Crippen LogP contribution < -0.4 is 10.6 Å². The molecule has 0 aromatic rings. The first-order chi connectivity index (χ1) is 24.0. The molecule has 3 aliphatic rings. The molecule has 2 amide bonds. The van der Waals surface area contributed by atoms with Crippen LogP contribution >= 0.6 is 0 Å². The molecular weight excluding hydrogens is 698 g/mol. The van der Waals surface area contributed by atoms with Crippen LogP contribution in [0.4, 0.5) is 0 Å². The lowest BCUT2D eigenvalue weighted by atomic mass is 9.88. The van der Waals surface area contributed by atoms with Crippen LogP contribution in [0.15, 0.2) is 5.11 Å². The SMILES string of the molecule is CC(=O)N[C@H]1[C@H](OCCN=[N+]=[N-])O[C@H](CO)[C@@H](O[C@@H]2O[C@H](CO)[C@H](O)[C@H](O[C@]3(C(=O)O)C[C@H](O)[C@@H](NC(C)=O)[C@H]([C@H](O)[C@@H](O)CO)O3)[C@H]2O)[C@@H]1O. The van der Waals surface area contributed by atoms with Crippen LogP contribution in [0.5, 0.6) is 0 Å². The maximum absolute atomic E-state index is 12.7. The smallest absolute Gasteiger partial charge is 0.364 e. The lowest BCUT2D eigenvalue weighted by molar-refractivity contribution is -0.382. The quantitative estimate of drug-likeness (QED) is 0.0302. The highest BCUT2D eigenvalue weighted by Gasteiger charge is 2.60. The summed E-state index contributed by atoms with van der Waals surface area (Å²) >= 11 is 0. The second kappa shape index (κ2) is 18.7. The number of carbonyl (C=O) groups is 3. The number of hydrogen-bond donors (Lipinski definition) is 12. The van der Waals surface area contributed by atoms with Crippen LogP contribution in [0.25, 0.3) is 10.4 Å². The van der Waals surface area contributed by atoms with Gasteiger partial charge in [-0.2, -0.15) is 0 Å². The Bertz CT molecular complexity index is 1230.